The number of unbranched alkanes of at least 4 members (excludes halogenated alkanes) is 1. The fraction of sp³-hybridized carbons (Fsp3) is 0.300. The summed E-state index contributed by atoms with van der Waals surface area (Å²) in [5.74, 6) is -0.657. The Bertz CT molecular complexity index is 924. The summed E-state index contributed by atoms with van der Waals surface area (Å²) in [4.78, 5) is 23.3. The molecule has 2 aromatic carbocycles. The number of esters is 1. The van der Waals surface area contributed by atoms with E-state index in [0.717, 1.165) is 5.56 Å². The normalized spacial score (nSPS) is 10.9. The van der Waals surface area contributed by atoms with Gasteiger partial charge in [0.05, 0.1) is 12.0 Å². The largest absolute Gasteiger partial charge is 0.469 e. The number of ether oxygens (including phenoxy) is 1. The molecule has 1 amide bonds. The van der Waals surface area contributed by atoms with Crippen molar-refractivity contribution in [2.75, 3.05) is 18.4 Å². The fourth-order valence-corrected chi connectivity index (χ4v) is 3.54. The van der Waals surface area contributed by atoms with Crippen molar-refractivity contribution in [2.45, 2.75) is 31.1 Å². The van der Waals surface area contributed by atoms with Crippen LogP contribution in [0.3, 0.4) is 0 Å². The summed E-state index contributed by atoms with van der Waals surface area (Å²) in [6, 6.07) is 12.8. The van der Waals surface area contributed by atoms with Gasteiger partial charge in [0.1, 0.15) is 0 Å². The number of hydrogen-bond donors (Lipinski definition) is 2. The molecule has 0 unspecified atom stereocenters. The molecule has 7 nitrogen and oxygen atoms in total. The third-order valence-electron chi connectivity index (χ3n) is 4.03. The topological polar surface area (TPSA) is 102 Å². The first-order valence-corrected chi connectivity index (χ1v) is 10.3. The number of carbonyl (C=O) groups is 2. The highest BCUT2D eigenvalue weighted by molar-refractivity contribution is 7.92. The van der Waals surface area contributed by atoms with E-state index in [9.17, 15) is 18.0 Å². The zero-order valence-electron chi connectivity index (χ0n) is 15.9. The minimum absolute atomic E-state index is 0.00594. The maximum absolute atomic E-state index is 12.6. The highest BCUT2D eigenvalue weighted by Gasteiger charge is 2.16. The van der Waals surface area contributed by atoms with Gasteiger partial charge < -0.3 is 10.1 Å². The summed E-state index contributed by atoms with van der Waals surface area (Å²) < 4.78 is 32.2. The number of carbonyl (C=O) groups excluding carboxylic acids is 2. The summed E-state index contributed by atoms with van der Waals surface area (Å²) in [6.07, 6.45) is 1.51. The van der Waals surface area contributed by atoms with Crippen LogP contribution in [-0.4, -0.2) is 33.9 Å². The van der Waals surface area contributed by atoms with Crippen LogP contribution in [0.15, 0.2) is 53.4 Å². The highest BCUT2D eigenvalue weighted by Crippen LogP contribution is 2.17. The molecule has 0 aromatic heterocycles. The Balaban J connectivity index is 1.97. The number of anilines is 1. The Kier molecular flexibility index (Phi) is 7.57. The van der Waals surface area contributed by atoms with Gasteiger partial charge in [-0.3, -0.25) is 14.3 Å². The van der Waals surface area contributed by atoms with Crippen molar-refractivity contribution in [1.29, 1.82) is 0 Å². The zero-order chi connectivity index (χ0) is 20.6. The number of hydrogen-bond acceptors (Lipinski definition) is 5. The SMILES string of the molecule is COC(=O)CCCCNC(=O)c1cccc(S(=O)(=O)Nc2ccc(C)cc2)c1. The van der Waals surface area contributed by atoms with Crippen LogP contribution in [0, 0.1) is 6.92 Å². The Hall–Kier alpha value is -2.87. The van der Waals surface area contributed by atoms with E-state index in [2.05, 4.69) is 14.8 Å². The molecule has 2 rings (SSSR count). The van der Waals surface area contributed by atoms with Crippen LogP contribution in [0.4, 0.5) is 5.69 Å². The van der Waals surface area contributed by atoms with Gasteiger partial charge in [-0.25, -0.2) is 8.42 Å². The van der Waals surface area contributed by atoms with Crippen LogP contribution in [0.25, 0.3) is 0 Å². The lowest BCUT2D eigenvalue weighted by molar-refractivity contribution is -0.140. The summed E-state index contributed by atoms with van der Waals surface area (Å²) in [7, 11) is -2.47. The summed E-state index contributed by atoms with van der Waals surface area (Å²) in [5, 5.41) is 2.72. The van der Waals surface area contributed by atoms with Crippen LogP contribution in [-0.2, 0) is 19.6 Å². The van der Waals surface area contributed by atoms with E-state index in [0.29, 0.717) is 31.5 Å². The average Bonchev–Trinajstić information content (AvgIpc) is 2.69. The van der Waals surface area contributed by atoms with E-state index in [1.807, 2.05) is 19.1 Å². The van der Waals surface area contributed by atoms with Crippen molar-refractivity contribution < 1.29 is 22.7 Å². The van der Waals surface area contributed by atoms with Gasteiger partial charge >= 0.3 is 5.97 Å². The summed E-state index contributed by atoms with van der Waals surface area (Å²) >= 11 is 0. The minimum atomic E-state index is -3.81. The predicted octanol–water partition coefficient (Wildman–Crippen LogP) is 2.87. The van der Waals surface area contributed by atoms with Crippen molar-refractivity contribution in [3.63, 3.8) is 0 Å². The van der Waals surface area contributed by atoms with Crippen molar-refractivity contribution in [3.8, 4) is 0 Å². The Morgan fingerprint density at radius 2 is 1.75 bits per heavy atom. The van der Waals surface area contributed by atoms with E-state index in [1.54, 1.807) is 18.2 Å². The molecule has 28 heavy (non-hydrogen) atoms. The first-order chi connectivity index (χ1) is 13.3. The van der Waals surface area contributed by atoms with E-state index < -0.39 is 10.0 Å². The Morgan fingerprint density at radius 1 is 1.04 bits per heavy atom. The molecule has 0 fully saturated rings. The molecule has 8 heteroatoms. The molecule has 0 bridgehead atoms. The Labute approximate surface area is 165 Å². The predicted molar refractivity (Wildman–Crippen MR) is 107 cm³/mol. The molecular formula is C20H24N2O5S. The van der Waals surface area contributed by atoms with Gasteiger partial charge in [0, 0.05) is 24.2 Å². The van der Waals surface area contributed by atoms with Gasteiger partial charge in [0.15, 0.2) is 0 Å². The lowest BCUT2D eigenvalue weighted by Gasteiger charge is -2.10. The average molecular weight is 404 g/mol. The molecule has 0 aliphatic rings. The number of nitrogens with one attached hydrogen (secondary N) is 2. The smallest absolute Gasteiger partial charge is 0.305 e. The Morgan fingerprint density at radius 3 is 2.43 bits per heavy atom. The van der Waals surface area contributed by atoms with Crippen molar-refractivity contribution in [1.82, 2.24) is 5.32 Å². The number of methoxy groups -OCH3 is 1. The number of rotatable bonds is 9. The third kappa shape index (κ3) is 6.38. The number of benzene rings is 2. The van der Waals surface area contributed by atoms with Crippen LogP contribution in [0.2, 0.25) is 0 Å². The lowest BCUT2D eigenvalue weighted by atomic mass is 10.2. The fourth-order valence-electron chi connectivity index (χ4n) is 2.44. The molecule has 0 aliphatic heterocycles. The number of amides is 1. The lowest BCUT2D eigenvalue weighted by Crippen LogP contribution is -2.25. The van der Waals surface area contributed by atoms with Gasteiger partial charge in [0.2, 0.25) is 0 Å². The van der Waals surface area contributed by atoms with Gasteiger partial charge in [0.25, 0.3) is 15.9 Å². The molecule has 0 radical (unpaired) electrons. The van der Waals surface area contributed by atoms with Gasteiger partial charge in [-0.15, -0.1) is 0 Å². The second-order valence-electron chi connectivity index (χ2n) is 6.29. The van der Waals surface area contributed by atoms with E-state index in [-0.39, 0.29) is 22.3 Å². The highest BCUT2D eigenvalue weighted by atomic mass is 32.2. The molecule has 0 saturated carbocycles. The second-order valence-corrected chi connectivity index (χ2v) is 7.97. The number of aryl methyl sites for hydroxylation is 1. The summed E-state index contributed by atoms with van der Waals surface area (Å²) in [6.45, 7) is 2.30. The molecule has 0 spiro atoms. The first kappa shape index (κ1) is 21.4. The van der Waals surface area contributed by atoms with Crippen LogP contribution >= 0.6 is 0 Å². The van der Waals surface area contributed by atoms with Gasteiger partial charge in [-0.05, 0) is 50.1 Å². The van der Waals surface area contributed by atoms with Crippen LogP contribution in [0.1, 0.15) is 35.2 Å². The van der Waals surface area contributed by atoms with Crippen molar-refractivity contribution >= 4 is 27.6 Å². The molecule has 0 saturated heterocycles. The number of sulfonamides is 1. The summed E-state index contributed by atoms with van der Waals surface area (Å²) in [5.41, 5.74) is 1.72. The second kappa shape index (κ2) is 9.89. The maximum Gasteiger partial charge on any atom is 0.305 e. The minimum Gasteiger partial charge on any atom is -0.469 e. The van der Waals surface area contributed by atoms with E-state index in [4.69, 9.17) is 0 Å². The standard InChI is InChI=1S/C20H24N2O5S/c1-15-9-11-17(12-10-15)22-28(25,26)18-7-5-6-16(14-18)20(24)21-13-4-3-8-19(23)27-2/h5-7,9-12,14,22H,3-4,8,13H2,1-2H3,(H,21,24). The van der Waals surface area contributed by atoms with E-state index >= 15 is 0 Å². The van der Waals surface area contributed by atoms with Crippen LogP contribution < -0.4 is 10.0 Å². The maximum atomic E-state index is 12.6. The third-order valence-corrected chi connectivity index (χ3v) is 5.41. The van der Waals surface area contributed by atoms with Crippen molar-refractivity contribution in [2.24, 2.45) is 0 Å². The molecule has 0 heterocycles. The van der Waals surface area contributed by atoms with Crippen molar-refractivity contribution in [3.05, 3.63) is 59.7 Å². The molecule has 150 valence electrons. The molecule has 2 N–H and O–H groups in total. The van der Waals surface area contributed by atoms with E-state index in [1.165, 1.54) is 25.3 Å². The monoisotopic (exact) mass is 404 g/mol. The van der Waals surface area contributed by atoms with Gasteiger partial charge in [-0.1, -0.05) is 23.8 Å². The first-order valence-electron chi connectivity index (χ1n) is 8.86. The molecule has 2 aromatic rings. The quantitative estimate of drug-likeness (QED) is 0.494. The van der Waals surface area contributed by atoms with Crippen LogP contribution in [0.5, 0.6) is 0 Å². The molecular weight excluding hydrogens is 380 g/mol. The molecule has 0 aliphatic carbocycles. The van der Waals surface area contributed by atoms with Gasteiger partial charge in [-0.2, -0.15) is 0 Å². The zero-order valence-corrected chi connectivity index (χ0v) is 16.7. The molecule has 0 atom stereocenters.